The first kappa shape index (κ1) is 10.2. The number of aromatic nitrogens is 2. The molecule has 0 unspecified atom stereocenters. The van der Waals surface area contributed by atoms with Gasteiger partial charge >= 0.3 is 0 Å². The maximum absolute atomic E-state index is 11.4. The smallest absolute Gasteiger partial charge is 0.287 e. The highest BCUT2D eigenvalue weighted by Crippen LogP contribution is 2.07. The van der Waals surface area contributed by atoms with E-state index in [0.29, 0.717) is 6.42 Å². The van der Waals surface area contributed by atoms with Gasteiger partial charge in [-0.05, 0) is 11.6 Å². The lowest BCUT2D eigenvalue weighted by Crippen LogP contribution is -2.08. The van der Waals surface area contributed by atoms with Crippen LogP contribution < -0.4 is 0 Å². The summed E-state index contributed by atoms with van der Waals surface area (Å²) in [5.74, 6) is 0.0976. The van der Waals surface area contributed by atoms with Crippen LogP contribution in [0.3, 0.4) is 0 Å². The van der Waals surface area contributed by atoms with Gasteiger partial charge in [-0.15, -0.1) is 0 Å². The van der Waals surface area contributed by atoms with Crippen molar-refractivity contribution in [2.24, 2.45) is 0 Å². The van der Waals surface area contributed by atoms with Gasteiger partial charge in [0.05, 0.1) is 5.75 Å². The molecule has 5 nitrogen and oxygen atoms in total. The Morgan fingerprint density at radius 1 is 1.46 bits per heavy atom. The molecule has 0 atom stereocenters. The molecule has 1 heterocycles. The molecule has 0 fully saturated rings. The van der Waals surface area contributed by atoms with Crippen LogP contribution in [-0.2, 0) is 9.84 Å². The molecular formula is C7H12N2O3S. The van der Waals surface area contributed by atoms with Crippen molar-refractivity contribution in [1.29, 1.82) is 0 Å². The summed E-state index contributed by atoms with van der Waals surface area (Å²) in [5, 5.41) is 3.09. The molecule has 0 N–H and O–H groups in total. The molecule has 0 radical (unpaired) electrons. The summed E-state index contributed by atoms with van der Waals surface area (Å²) < 4.78 is 27.1. The van der Waals surface area contributed by atoms with Crippen LogP contribution in [0.25, 0.3) is 0 Å². The monoisotopic (exact) mass is 204 g/mol. The number of unbranched alkanes of at least 4 members (excludes halogenated alkanes) is 2. The number of sulfone groups is 1. The third kappa shape index (κ3) is 2.80. The molecule has 0 bridgehead atoms. The van der Waals surface area contributed by atoms with Crippen molar-refractivity contribution >= 4 is 9.84 Å². The van der Waals surface area contributed by atoms with Crippen LogP contribution in [0, 0.1) is 0 Å². The minimum Gasteiger partial charge on any atom is -0.342 e. The van der Waals surface area contributed by atoms with Crippen LogP contribution in [0.4, 0.5) is 0 Å². The van der Waals surface area contributed by atoms with Crippen molar-refractivity contribution in [1.82, 2.24) is 10.1 Å². The first-order chi connectivity index (χ1) is 6.17. The molecule has 0 saturated carbocycles. The number of rotatable bonds is 5. The van der Waals surface area contributed by atoms with E-state index < -0.39 is 9.84 Å². The third-order valence-electron chi connectivity index (χ3n) is 1.64. The third-order valence-corrected chi connectivity index (χ3v) is 3.20. The number of nitrogens with zero attached hydrogens (tertiary/aromatic N) is 2. The maximum atomic E-state index is 11.4. The minimum atomic E-state index is -3.31. The van der Waals surface area contributed by atoms with Gasteiger partial charge in [0.1, 0.15) is 0 Å². The van der Waals surface area contributed by atoms with Gasteiger partial charge in [-0.1, -0.05) is 19.8 Å². The van der Waals surface area contributed by atoms with E-state index >= 15 is 0 Å². The zero-order valence-corrected chi connectivity index (χ0v) is 8.25. The van der Waals surface area contributed by atoms with Crippen LogP contribution in [0.2, 0.25) is 0 Å². The Morgan fingerprint density at radius 3 is 2.77 bits per heavy atom. The predicted octanol–water partition coefficient (Wildman–Crippen LogP) is 1.03. The van der Waals surface area contributed by atoms with Gasteiger partial charge < -0.3 is 4.52 Å². The topological polar surface area (TPSA) is 73.1 Å². The summed E-state index contributed by atoms with van der Waals surface area (Å²) in [6.45, 7) is 2.01. The minimum absolute atomic E-state index is 0.0976. The molecule has 1 rings (SSSR count). The van der Waals surface area contributed by atoms with Gasteiger partial charge in [0.15, 0.2) is 0 Å². The second kappa shape index (κ2) is 4.36. The van der Waals surface area contributed by atoms with E-state index in [2.05, 4.69) is 14.7 Å². The molecular weight excluding hydrogens is 192 g/mol. The van der Waals surface area contributed by atoms with Gasteiger partial charge in [0.25, 0.3) is 5.16 Å². The van der Waals surface area contributed by atoms with Gasteiger partial charge in [0.2, 0.25) is 16.2 Å². The Bertz CT molecular complexity index is 331. The van der Waals surface area contributed by atoms with Crippen molar-refractivity contribution in [3.05, 3.63) is 6.39 Å². The molecule has 0 aromatic carbocycles. The zero-order chi connectivity index (χ0) is 9.73. The van der Waals surface area contributed by atoms with Gasteiger partial charge in [-0.3, -0.25) is 0 Å². The molecule has 0 saturated heterocycles. The largest absolute Gasteiger partial charge is 0.342 e. The number of hydrogen-bond acceptors (Lipinski definition) is 5. The lowest BCUT2D eigenvalue weighted by molar-refractivity contribution is 0.400. The highest BCUT2D eigenvalue weighted by molar-refractivity contribution is 7.91. The van der Waals surface area contributed by atoms with Gasteiger partial charge in [0, 0.05) is 0 Å². The SMILES string of the molecule is CCCCCS(=O)(=O)c1ncon1. The zero-order valence-electron chi connectivity index (χ0n) is 7.43. The van der Waals surface area contributed by atoms with Crippen molar-refractivity contribution in [2.75, 3.05) is 5.75 Å². The molecule has 6 heteroatoms. The average molecular weight is 204 g/mol. The molecule has 1 aromatic heterocycles. The van der Waals surface area contributed by atoms with E-state index in [1.807, 2.05) is 6.92 Å². The van der Waals surface area contributed by atoms with E-state index in [1.54, 1.807) is 0 Å². The first-order valence-corrected chi connectivity index (χ1v) is 5.81. The summed E-state index contributed by atoms with van der Waals surface area (Å²) in [6, 6.07) is 0. The van der Waals surface area contributed by atoms with Crippen LogP contribution in [0.1, 0.15) is 26.2 Å². The van der Waals surface area contributed by atoms with Gasteiger partial charge in [-0.2, -0.15) is 4.98 Å². The second-order valence-corrected chi connectivity index (χ2v) is 4.74. The van der Waals surface area contributed by atoms with Crippen LogP contribution in [-0.4, -0.2) is 24.3 Å². The molecule has 0 aliphatic carbocycles. The van der Waals surface area contributed by atoms with E-state index in [1.165, 1.54) is 0 Å². The highest BCUT2D eigenvalue weighted by Gasteiger charge is 2.18. The second-order valence-electron chi connectivity index (χ2n) is 2.74. The first-order valence-electron chi connectivity index (χ1n) is 4.16. The maximum Gasteiger partial charge on any atom is 0.287 e. The Kier molecular flexibility index (Phi) is 3.41. The van der Waals surface area contributed by atoms with Crippen LogP contribution in [0.5, 0.6) is 0 Å². The van der Waals surface area contributed by atoms with Gasteiger partial charge in [-0.25, -0.2) is 8.42 Å². The predicted molar refractivity (Wildman–Crippen MR) is 45.9 cm³/mol. The fraction of sp³-hybridized carbons (Fsp3) is 0.714. The average Bonchev–Trinajstić information content (AvgIpc) is 2.56. The summed E-state index contributed by atoms with van der Waals surface area (Å²) in [6.07, 6.45) is 3.55. The summed E-state index contributed by atoms with van der Waals surface area (Å²) >= 11 is 0. The normalized spacial score (nSPS) is 11.8. The quantitative estimate of drug-likeness (QED) is 0.670. The fourth-order valence-corrected chi connectivity index (χ4v) is 2.06. The molecule has 74 valence electrons. The molecule has 0 amide bonds. The fourth-order valence-electron chi connectivity index (χ4n) is 0.931. The van der Waals surface area contributed by atoms with Crippen molar-refractivity contribution < 1.29 is 12.9 Å². The Morgan fingerprint density at radius 2 is 2.23 bits per heavy atom. The molecule has 0 spiro atoms. The molecule has 13 heavy (non-hydrogen) atoms. The highest BCUT2D eigenvalue weighted by atomic mass is 32.2. The van der Waals surface area contributed by atoms with Crippen LogP contribution in [0.15, 0.2) is 16.1 Å². The van der Waals surface area contributed by atoms with E-state index in [9.17, 15) is 8.42 Å². The van der Waals surface area contributed by atoms with Crippen molar-refractivity contribution in [2.45, 2.75) is 31.3 Å². The molecule has 0 aliphatic heterocycles. The molecule has 1 aromatic rings. The molecule has 0 aliphatic rings. The standard InChI is InChI=1S/C7H12N2O3S/c1-2-3-4-5-13(10,11)7-8-6-12-9-7/h6H,2-5H2,1H3. The summed E-state index contributed by atoms with van der Waals surface area (Å²) in [4.78, 5) is 3.50. The van der Waals surface area contributed by atoms with Crippen molar-refractivity contribution in [3.8, 4) is 0 Å². The lowest BCUT2D eigenvalue weighted by Gasteiger charge is -1.96. The lowest BCUT2D eigenvalue weighted by atomic mass is 10.3. The summed E-state index contributed by atoms with van der Waals surface area (Å²) in [5.41, 5.74) is 0. The van der Waals surface area contributed by atoms with E-state index in [4.69, 9.17) is 0 Å². The summed E-state index contributed by atoms with van der Waals surface area (Å²) in [7, 11) is -3.31. The van der Waals surface area contributed by atoms with E-state index in [-0.39, 0.29) is 10.9 Å². The Hall–Kier alpha value is -0.910. The van der Waals surface area contributed by atoms with E-state index in [0.717, 1.165) is 19.2 Å². The number of hydrogen-bond donors (Lipinski definition) is 0. The Balaban J connectivity index is 2.58. The van der Waals surface area contributed by atoms with Crippen molar-refractivity contribution in [3.63, 3.8) is 0 Å². The Labute approximate surface area is 77.1 Å². The van der Waals surface area contributed by atoms with Crippen LogP contribution >= 0.6 is 0 Å².